The molecule has 6 heteroatoms. The summed E-state index contributed by atoms with van der Waals surface area (Å²) < 4.78 is 25.5. The van der Waals surface area contributed by atoms with Crippen LogP contribution in [0.4, 0.5) is 0 Å². The maximum absolute atomic E-state index is 10.6. The van der Waals surface area contributed by atoms with Crippen LogP contribution in [0.3, 0.4) is 0 Å². The molecule has 0 amide bonds. The molecule has 0 radical (unpaired) electrons. The Bertz CT molecular complexity index is 325. The van der Waals surface area contributed by atoms with E-state index in [2.05, 4.69) is 9.40 Å². The van der Waals surface area contributed by atoms with Gasteiger partial charge in [0.2, 0.25) is 5.03 Å². The summed E-state index contributed by atoms with van der Waals surface area (Å²) >= 11 is 0. The van der Waals surface area contributed by atoms with Crippen LogP contribution >= 0.6 is 0 Å². The first-order valence-electron chi connectivity index (χ1n) is 2.34. The van der Waals surface area contributed by atoms with Gasteiger partial charge >= 0.3 is 5.95 Å². The zero-order valence-corrected chi connectivity index (χ0v) is 5.92. The summed E-state index contributed by atoms with van der Waals surface area (Å²) in [6, 6.07) is 0. The fourth-order valence-corrected chi connectivity index (χ4v) is 1.08. The van der Waals surface area contributed by atoms with Crippen LogP contribution in [-0.2, 0) is 9.84 Å². The highest BCUT2D eigenvalue weighted by Gasteiger charge is 2.17. The molecular formula is C4H5NO4S. The van der Waals surface area contributed by atoms with Crippen molar-refractivity contribution in [2.24, 2.45) is 0 Å². The minimum absolute atomic E-state index is 0.424. The van der Waals surface area contributed by atoms with Crippen LogP contribution in [0, 0.1) is 0 Å². The molecule has 1 aromatic rings. The first-order valence-corrected chi connectivity index (χ1v) is 4.23. The van der Waals surface area contributed by atoms with Crippen LogP contribution in [0.25, 0.3) is 0 Å². The van der Waals surface area contributed by atoms with E-state index in [0.29, 0.717) is 0 Å². The van der Waals surface area contributed by atoms with E-state index in [-0.39, 0.29) is 0 Å². The van der Waals surface area contributed by atoms with Crippen molar-refractivity contribution in [1.29, 1.82) is 0 Å². The zero-order chi connectivity index (χ0) is 7.78. The van der Waals surface area contributed by atoms with Crippen molar-refractivity contribution >= 4 is 9.84 Å². The standard InChI is InChI=1S/C4H5NO4S/c1-10(7,8)3-4(6)9-2-5-3/h2,6H,1H3. The molecule has 0 aliphatic rings. The number of aromatic nitrogens is 1. The van der Waals surface area contributed by atoms with Gasteiger partial charge in [0.05, 0.1) is 0 Å². The molecule has 0 spiro atoms. The summed E-state index contributed by atoms with van der Waals surface area (Å²) in [4.78, 5) is 3.28. The summed E-state index contributed by atoms with van der Waals surface area (Å²) in [5, 5.41) is 8.25. The average molecular weight is 163 g/mol. The maximum Gasteiger partial charge on any atom is 0.322 e. The second-order valence-electron chi connectivity index (χ2n) is 1.73. The zero-order valence-electron chi connectivity index (χ0n) is 5.10. The summed E-state index contributed by atoms with van der Waals surface area (Å²) in [5.74, 6) is -0.664. The number of sulfone groups is 1. The Balaban J connectivity index is 3.32. The SMILES string of the molecule is CS(=O)(=O)c1ncoc1O. The number of nitrogens with zero attached hydrogens (tertiary/aromatic N) is 1. The van der Waals surface area contributed by atoms with E-state index in [0.717, 1.165) is 12.6 Å². The molecule has 0 fully saturated rings. The van der Waals surface area contributed by atoms with E-state index in [1.54, 1.807) is 0 Å². The molecule has 0 aliphatic carbocycles. The maximum atomic E-state index is 10.6. The molecule has 0 aliphatic heterocycles. The molecule has 10 heavy (non-hydrogen) atoms. The lowest BCUT2D eigenvalue weighted by Gasteiger charge is -1.87. The molecule has 0 bridgehead atoms. The van der Waals surface area contributed by atoms with Crippen molar-refractivity contribution in [1.82, 2.24) is 4.98 Å². The van der Waals surface area contributed by atoms with E-state index >= 15 is 0 Å². The van der Waals surface area contributed by atoms with Gasteiger partial charge in [-0.05, 0) is 0 Å². The molecule has 1 aromatic heterocycles. The highest BCUT2D eigenvalue weighted by molar-refractivity contribution is 7.90. The molecule has 0 aromatic carbocycles. The van der Waals surface area contributed by atoms with Crippen molar-refractivity contribution in [3.8, 4) is 5.95 Å². The van der Waals surface area contributed by atoms with Gasteiger partial charge in [-0.2, -0.15) is 0 Å². The fourth-order valence-electron chi connectivity index (χ4n) is 0.484. The van der Waals surface area contributed by atoms with Gasteiger partial charge in [-0.1, -0.05) is 0 Å². The van der Waals surface area contributed by atoms with Crippen LogP contribution in [0.5, 0.6) is 5.95 Å². The Morgan fingerprint density at radius 3 is 2.50 bits per heavy atom. The molecule has 1 N–H and O–H groups in total. The van der Waals surface area contributed by atoms with Crippen molar-refractivity contribution < 1.29 is 17.9 Å². The summed E-state index contributed by atoms with van der Waals surface area (Å²) in [5.41, 5.74) is 0. The highest BCUT2D eigenvalue weighted by Crippen LogP contribution is 2.18. The van der Waals surface area contributed by atoms with E-state index < -0.39 is 20.8 Å². The van der Waals surface area contributed by atoms with Gasteiger partial charge in [0, 0.05) is 6.26 Å². The van der Waals surface area contributed by atoms with Gasteiger partial charge in [0.1, 0.15) is 0 Å². The van der Waals surface area contributed by atoms with Gasteiger partial charge in [-0.15, -0.1) is 0 Å². The van der Waals surface area contributed by atoms with Gasteiger partial charge in [0.15, 0.2) is 16.2 Å². The van der Waals surface area contributed by atoms with Crippen molar-refractivity contribution in [3.63, 3.8) is 0 Å². The van der Waals surface area contributed by atoms with Crippen molar-refractivity contribution in [2.75, 3.05) is 6.26 Å². The second-order valence-corrected chi connectivity index (χ2v) is 3.67. The summed E-state index contributed by atoms with van der Waals surface area (Å²) in [6.45, 7) is 0. The van der Waals surface area contributed by atoms with E-state index in [1.807, 2.05) is 0 Å². The van der Waals surface area contributed by atoms with Crippen LogP contribution in [0.2, 0.25) is 0 Å². The topological polar surface area (TPSA) is 80.4 Å². The third-order valence-electron chi connectivity index (χ3n) is 0.868. The van der Waals surface area contributed by atoms with E-state index in [4.69, 9.17) is 5.11 Å². The molecule has 0 saturated carbocycles. The Kier molecular flexibility index (Phi) is 1.40. The lowest BCUT2D eigenvalue weighted by Crippen LogP contribution is -1.96. The van der Waals surface area contributed by atoms with E-state index in [9.17, 15) is 8.42 Å². The first-order chi connectivity index (χ1) is 4.52. The number of oxazole rings is 1. The number of aromatic hydroxyl groups is 1. The fraction of sp³-hybridized carbons (Fsp3) is 0.250. The van der Waals surface area contributed by atoms with Gasteiger partial charge < -0.3 is 9.52 Å². The largest absolute Gasteiger partial charge is 0.479 e. The number of hydrogen-bond acceptors (Lipinski definition) is 5. The minimum Gasteiger partial charge on any atom is -0.479 e. The quantitative estimate of drug-likeness (QED) is 0.619. The Morgan fingerprint density at radius 2 is 2.30 bits per heavy atom. The smallest absolute Gasteiger partial charge is 0.322 e. The molecule has 0 saturated heterocycles. The molecule has 5 nitrogen and oxygen atoms in total. The highest BCUT2D eigenvalue weighted by atomic mass is 32.2. The molecule has 0 unspecified atom stereocenters. The summed E-state index contributed by atoms with van der Waals surface area (Å²) in [6.07, 6.45) is 1.80. The lowest BCUT2D eigenvalue weighted by atomic mass is 10.9. The Labute approximate surface area is 57.2 Å². The predicted molar refractivity (Wildman–Crippen MR) is 31.3 cm³/mol. The predicted octanol–water partition coefficient (Wildman–Crippen LogP) is -0.216. The Morgan fingerprint density at radius 1 is 1.70 bits per heavy atom. The van der Waals surface area contributed by atoms with Crippen molar-refractivity contribution in [2.45, 2.75) is 5.03 Å². The van der Waals surface area contributed by atoms with Crippen LogP contribution in [0.15, 0.2) is 15.8 Å². The average Bonchev–Trinajstić information content (AvgIpc) is 2.11. The number of rotatable bonds is 1. The van der Waals surface area contributed by atoms with Crippen molar-refractivity contribution in [3.05, 3.63) is 6.39 Å². The molecular weight excluding hydrogens is 158 g/mol. The van der Waals surface area contributed by atoms with Crippen LogP contribution in [-0.4, -0.2) is 24.8 Å². The van der Waals surface area contributed by atoms with Crippen LogP contribution < -0.4 is 0 Å². The van der Waals surface area contributed by atoms with E-state index in [1.165, 1.54) is 0 Å². The lowest BCUT2D eigenvalue weighted by molar-refractivity contribution is 0.321. The van der Waals surface area contributed by atoms with Gasteiger partial charge in [-0.25, -0.2) is 13.4 Å². The third-order valence-corrected chi connectivity index (χ3v) is 1.85. The molecule has 1 heterocycles. The monoisotopic (exact) mass is 163 g/mol. The summed E-state index contributed by atoms with van der Waals surface area (Å²) in [7, 11) is -3.45. The molecule has 56 valence electrons. The minimum atomic E-state index is -3.45. The van der Waals surface area contributed by atoms with Crippen LogP contribution in [0.1, 0.15) is 0 Å². The second kappa shape index (κ2) is 1.98. The number of hydrogen-bond donors (Lipinski definition) is 1. The molecule has 0 atom stereocenters. The van der Waals surface area contributed by atoms with Gasteiger partial charge in [0.25, 0.3) is 0 Å². The molecule has 1 rings (SSSR count). The normalized spacial score (nSPS) is 11.7. The van der Waals surface area contributed by atoms with Gasteiger partial charge in [-0.3, -0.25) is 0 Å². The first kappa shape index (κ1) is 7.07. The third kappa shape index (κ3) is 1.10. The Hall–Kier alpha value is -1.04.